The number of thiol groups is 1. The van der Waals surface area contributed by atoms with Gasteiger partial charge >= 0.3 is 0 Å². The molecule has 0 aliphatic heterocycles. The minimum atomic E-state index is -0.0449. The van der Waals surface area contributed by atoms with Crippen LogP contribution in [0.15, 0.2) is 0 Å². The molecule has 2 heteroatoms. The summed E-state index contributed by atoms with van der Waals surface area (Å²) in [4.78, 5) is 0. The molecule has 52 valence electrons. The van der Waals surface area contributed by atoms with Crippen molar-refractivity contribution in [1.82, 2.24) is 0 Å². The monoisotopic (exact) mass is 143 g/mol. The summed E-state index contributed by atoms with van der Waals surface area (Å²) in [6, 6.07) is 2.09. The van der Waals surface area contributed by atoms with Gasteiger partial charge in [0.15, 0.2) is 0 Å². The minimum Gasteiger partial charge on any atom is -0.197 e. The van der Waals surface area contributed by atoms with Gasteiger partial charge in [-0.25, -0.2) is 0 Å². The molecule has 0 aromatic rings. The van der Waals surface area contributed by atoms with Gasteiger partial charge in [0, 0.05) is 0 Å². The lowest BCUT2D eigenvalue weighted by Crippen LogP contribution is -1.92. The van der Waals surface area contributed by atoms with Crippen LogP contribution in [0, 0.1) is 11.3 Å². The van der Waals surface area contributed by atoms with Crippen molar-refractivity contribution in [2.45, 2.75) is 37.9 Å². The van der Waals surface area contributed by atoms with E-state index in [-0.39, 0.29) is 5.25 Å². The smallest absolute Gasteiger partial charge is 0.0887 e. The van der Waals surface area contributed by atoms with E-state index in [0.29, 0.717) is 0 Å². The van der Waals surface area contributed by atoms with Gasteiger partial charge in [-0.2, -0.15) is 17.9 Å². The van der Waals surface area contributed by atoms with Crippen LogP contribution < -0.4 is 0 Å². The highest BCUT2D eigenvalue weighted by Gasteiger charge is 1.97. The summed E-state index contributed by atoms with van der Waals surface area (Å²) in [5.41, 5.74) is 0. The van der Waals surface area contributed by atoms with Crippen LogP contribution in [-0.4, -0.2) is 5.25 Å². The number of hydrogen-bond acceptors (Lipinski definition) is 2. The van der Waals surface area contributed by atoms with Crippen molar-refractivity contribution in [2.75, 3.05) is 0 Å². The minimum absolute atomic E-state index is 0.0449. The Balaban J connectivity index is 2.99. The summed E-state index contributed by atoms with van der Waals surface area (Å²) < 4.78 is 0. The highest BCUT2D eigenvalue weighted by molar-refractivity contribution is 7.81. The summed E-state index contributed by atoms with van der Waals surface area (Å²) in [7, 11) is 0. The third-order valence-electron chi connectivity index (χ3n) is 1.23. The number of unbranched alkanes of at least 4 members (excludes halogenated alkanes) is 2. The second-order valence-electron chi connectivity index (χ2n) is 2.14. The average molecular weight is 143 g/mol. The second kappa shape index (κ2) is 5.97. The van der Waals surface area contributed by atoms with Crippen molar-refractivity contribution in [1.29, 1.82) is 5.26 Å². The Hall–Kier alpha value is -0.160. The summed E-state index contributed by atoms with van der Waals surface area (Å²) in [5, 5.41) is 8.26. The first-order chi connectivity index (χ1) is 4.31. The Bertz CT molecular complexity index is 95.6. The van der Waals surface area contributed by atoms with Crippen molar-refractivity contribution in [3.63, 3.8) is 0 Å². The van der Waals surface area contributed by atoms with E-state index in [9.17, 15) is 0 Å². The predicted octanol–water partition coefficient (Wildman–Crippen LogP) is 2.39. The van der Waals surface area contributed by atoms with Crippen LogP contribution in [0.25, 0.3) is 0 Å². The largest absolute Gasteiger partial charge is 0.197 e. The molecule has 0 aliphatic carbocycles. The van der Waals surface area contributed by atoms with Crippen molar-refractivity contribution in [2.24, 2.45) is 0 Å². The molecular formula is C7H13NS. The Labute approximate surface area is 62.5 Å². The molecule has 9 heavy (non-hydrogen) atoms. The molecule has 0 aromatic carbocycles. The number of nitriles is 1. The summed E-state index contributed by atoms with van der Waals surface area (Å²) >= 11 is 4.04. The van der Waals surface area contributed by atoms with E-state index in [1.165, 1.54) is 12.8 Å². The molecule has 0 saturated heterocycles. The summed E-state index contributed by atoms with van der Waals surface area (Å²) in [6.45, 7) is 2.15. The molecule has 0 spiro atoms. The standard InChI is InChI=1S/C7H13NS/c1-2-3-4-5-7(9)6-8/h7,9H,2-5H2,1H3. The van der Waals surface area contributed by atoms with E-state index in [1.807, 2.05) is 0 Å². The van der Waals surface area contributed by atoms with Crippen LogP contribution in [0.2, 0.25) is 0 Å². The molecule has 0 aliphatic rings. The van der Waals surface area contributed by atoms with Gasteiger partial charge in [-0.1, -0.05) is 26.2 Å². The van der Waals surface area contributed by atoms with E-state index in [1.54, 1.807) is 0 Å². The van der Waals surface area contributed by atoms with Gasteiger partial charge in [-0.3, -0.25) is 0 Å². The maximum absolute atomic E-state index is 8.31. The lowest BCUT2D eigenvalue weighted by molar-refractivity contribution is 0.685. The van der Waals surface area contributed by atoms with E-state index < -0.39 is 0 Å². The van der Waals surface area contributed by atoms with E-state index in [2.05, 4.69) is 25.6 Å². The van der Waals surface area contributed by atoms with Crippen LogP contribution in [0.3, 0.4) is 0 Å². The first-order valence-corrected chi connectivity index (χ1v) is 3.90. The topological polar surface area (TPSA) is 23.8 Å². The van der Waals surface area contributed by atoms with Gasteiger partial charge in [0.2, 0.25) is 0 Å². The number of nitrogens with zero attached hydrogens (tertiary/aromatic N) is 1. The van der Waals surface area contributed by atoms with Gasteiger partial charge in [-0.15, -0.1) is 0 Å². The van der Waals surface area contributed by atoms with E-state index in [0.717, 1.165) is 12.8 Å². The second-order valence-corrected chi connectivity index (χ2v) is 2.76. The Morgan fingerprint density at radius 2 is 2.22 bits per heavy atom. The van der Waals surface area contributed by atoms with Gasteiger partial charge < -0.3 is 0 Å². The van der Waals surface area contributed by atoms with Crippen molar-refractivity contribution < 1.29 is 0 Å². The first kappa shape index (κ1) is 8.84. The maximum Gasteiger partial charge on any atom is 0.0887 e. The fraction of sp³-hybridized carbons (Fsp3) is 0.857. The maximum atomic E-state index is 8.31. The normalized spacial score (nSPS) is 12.6. The molecule has 0 saturated carbocycles. The lowest BCUT2D eigenvalue weighted by atomic mass is 10.2. The van der Waals surface area contributed by atoms with Gasteiger partial charge in [0.25, 0.3) is 0 Å². The quantitative estimate of drug-likeness (QED) is 0.474. The van der Waals surface area contributed by atoms with Crippen LogP contribution >= 0.6 is 12.6 Å². The molecule has 0 fully saturated rings. The van der Waals surface area contributed by atoms with Crippen LogP contribution in [0.4, 0.5) is 0 Å². The molecule has 0 heterocycles. The van der Waals surface area contributed by atoms with Crippen molar-refractivity contribution in [3.05, 3.63) is 0 Å². The molecule has 1 atom stereocenters. The Kier molecular flexibility index (Phi) is 5.86. The summed E-state index contributed by atoms with van der Waals surface area (Å²) in [5.74, 6) is 0. The molecule has 0 aromatic heterocycles. The number of rotatable bonds is 4. The summed E-state index contributed by atoms with van der Waals surface area (Å²) in [6.07, 6.45) is 4.51. The molecule has 0 N–H and O–H groups in total. The molecule has 0 bridgehead atoms. The third-order valence-corrected chi connectivity index (χ3v) is 1.60. The molecule has 0 radical (unpaired) electrons. The predicted molar refractivity (Wildman–Crippen MR) is 42.5 cm³/mol. The first-order valence-electron chi connectivity index (χ1n) is 3.39. The molecule has 1 unspecified atom stereocenters. The van der Waals surface area contributed by atoms with E-state index in [4.69, 9.17) is 5.26 Å². The highest BCUT2D eigenvalue weighted by Crippen LogP contribution is 2.06. The highest BCUT2D eigenvalue weighted by atomic mass is 32.1. The van der Waals surface area contributed by atoms with Crippen LogP contribution in [0.1, 0.15) is 32.6 Å². The SMILES string of the molecule is CCCCCC(S)C#N. The zero-order chi connectivity index (χ0) is 7.11. The zero-order valence-electron chi connectivity index (χ0n) is 5.80. The van der Waals surface area contributed by atoms with Gasteiger partial charge in [0.05, 0.1) is 11.3 Å². The fourth-order valence-corrected chi connectivity index (χ4v) is 0.835. The fourth-order valence-electron chi connectivity index (χ4n) is 0.652. The zero-order valence-corrected chi connectivity index (χ0v) is 6.69. The van der Waals surface area contributed by atoms with Crippen LogP contribution in [0.5, 0.6) is 0 Å². The molecule has 0 amide bonds. The Morgan fingerprint density at radius 1 is 1.56 bits per heavy atom. The molecule has 0 rings (SSSR count). The van der Waals surface area contributed by atoms with Gasteiger partial charge in [-0.05, 0) is 6.42 Å². The van der Waals surface area contributed by atoms with Crippen LogP contribution in [-0.2, 0) is 0 Å². The number of hydrogen-bond donors (Lipinski definition) is 1. The van der Waals surface area contributed by atoms with Crippen molar-refractivity contribution in [3.8, 4) is 6.07 Å². The molecule has 1 nitrogen and oxygen atoms in total. The van der Waals surface area contributed by atoms with E-state index >= 15 is 0 Å². The molecular weight excluding hydrogens is 130 g/mol. The third kappa shape index (κ3) is 5.72. The van der Waals surface area contributed by atoms with Crippen molar-refractivity contribution >= 4 is 12.6 Å². The Morgan fingerprint density at radius 3 is 2.67 bits per heavy atom. The average Bonchev–Trinajstić information content (AvgIpc) is 1.89. The van der Waals surface area contributed by atoms with Gasteiger partial charge in [0.1, 0.15) is 0 Å². The lowest BCUT2D eigenvalue weighted by Gasteiger charge is -1.97.